The van der Waals surface area contributed by atoms with Crippen LogP contribution in [0.3, 0.4) is 0 Å². The molecular weight excluding hydrogens is 550 g/mol. The van der Waals surface area contributed by atoms with Gasteiger partial charge in [-0.15, -0.1) is 11.3 Å². The summed E-state index contributed by atoms with van der Waals surface area (Å²) in [4.78, 5) is 29.0. The quantitative estimate of drug-likeness (QED) is 0.233. The van der Waals surface area contributed by atoms with Gasteiger partial charge in [-0.2, -0.15) is 0 Å². The van der Waals surface area contributed by atoms with Gasteiger partial charge >= 0.3 is 0 Å². The lowest BCUT2D eigenvalue weighted by molar-refractivity contribution is -0.120. The van der Waals surface area contributed by atoms with Gasteiger partial charge < -0.3 is 24.8 Å². The minimum atomic E-state index is -0.698. The molecule has 3 N–H and O–H groups in total. The Kier molecular flexibility index (Phi) is 9.99. The zero-order valence-electron chi connectivity index (χ0n) is 22.8. The van der Waals surface area contributed by atoms with E-state index in [9.17, 15) is 14.7 Å². The average Bonchev–Trinajstić information content (AvgIpc) is 3.26. The highest BCUT2D eigenvalue weighted by Crippen LogP contribution is 2.30. The van der Waals surface area contributed by atoms with Gasteiger partial charge in [-0.3, -0.25) is 14.5 Å². The molecule has 0 bridgehead atoms. The molecule has 2 aromatic carbocycles. The van der Waals surface area contributed by atoms with Gasteiger partial charge in [0, 0.05) is 48.3 Å². The lowest BCUT2D eigenvalue weighted by Crippen LogP contribution is -2.27. The third-order valence-electron chi connectivity index (χ3n) is 6.69. The predicted octanol–water partition coefficient (Wildman–Crippen LogP) is 3.96. The summed E-state index contributed by atoms with van der Waals surface area (Å²) in [7, 11) is 3.82. The molecule has 0 aliphatic carbocycles. The highest BCUT2D eigenvalue weighted by atomic mass is 35.5. The summed E-state index contributed by atoms with van der Waals surface area (Å²) in [5.41, 5.74) is 3.90. The van der Waals surface area contributed by atoms with Crippen molar-refractivity contribution in [1.29, 1.82) is 0 Å². The van der Waals surface area contributed by atoms with Crippen molar-refractivity contribution >= 4 is 39.1 Å². The summed E-state index contributed by atoms with van der Waals surface area (Å²) >= 11 is 7.36. The van der Waals surface area contributed by atoms with Crippen LogP contribution in [0, 0.1) is 6.92 Å². The fourth-order valence-corrected chi connectivity index (χ4v) is 6.13. The number of thiophene rings is 1. The van der Waals surface area contributed by atoms with E-state index in [0.29, 0.717) is 40.7 Å². The number of hydrogen-bond acceptors (Lipinski definition) is 7. The number of pyridine rings is 1. The van der Waals surface area contributed by atoms with Crippen molar-refractivity contribution in [2.45, 2.75) is 32.5 Å². The van der Waals surface area contributed by atoms with Crippen molar-refractivity contribution in [3.8, 4) is 5.75 Å². The Labute approximate surface area is 242 Å². The molecule has 40 heavy (non-hydrogen) atoms. The van der Waals surface area contributed by atoms with Crippen LogP contribution in [-0.4, -0.2) is 52.4 Å². The van der Waals surface area contributed by atoms with Crippen molar-refractivity contribution in [3.05, 3.63) is 97.1 Å². The zero-order valence-corrected chi connectivity index (χ0v) is 24.4. The Morgan fingerprint density at radius 1 is 1.18 bits per heavy atom. The molecule has 10 heteroatoms. The second-order valence-electron chi connectivity index (χ2n) is 9.86. The molecule has 4 rings (SSSR count). The summed E-state index contributed by atoms with van der Waals surface area (Å²) < 4.78 is 7.93. The second kappa shape index (κ2) is 13.4. The van der Waals surface area contributed by atoms with Gasteiger partial charge in [0.25, 0.3) is 0 Å². The molecule has 2 heterocycles. The number of aryl methyl sites for hydroxylation is 2. The van der Waals surface area contributed by atoms with Crippen molar-refractivity contribution < 1.29 is 19.7 Å². The molecule has 8 nitrogen and oxygen atoms in total. The Hall–Kier alpha value is -3.21. The molecule has 1 atom stereocenters. The highest BCUT2D eigenvalue weighted by Gasteiger charge is 2.19. The highest BCUT2D eigenvalue weighted by molar-refractivity contribution is 7.19. The number of hydrogen-bond donors (Lipinski definition) is 3. The van der Waals surface area contributed by atoms with Crippen LogP contribution in [0.1, 0.15) is 33.2 Å². The van der Waals surface area contributed by atoms with E-state index in [1.165, 1.54) is 11.3 Å². The summed E-state index contributed by atoms with van der Waals surface area (Å²) in [6.07, 6.45) is 1.05. The Bertz CT molecular complexity index is 1520. The van der Waals surface area contributed by atoms with Crippen LogP contribution >= 0.6 is 22.9 Å². The normalized spacial score (nSPS) is 12.2. The number of benzene rings is 2. The molecule has 1 unspecified atom stereocenters. The first kappa shape index (κ1) is 29.8. The number of ether oxygens (including phenoxy) is 1. The number of aliphatic hydroxyl groups is 2. The number of nitrogens with zero attached hydrogens (tertiary/aromatic N) is 2. The van der Waals surface area contributed by atoms with Crippen molar-refractivity contribution in [2.24, 2.45) is 7.05 Å². The van der Waals surface area contributed by atoms with E-state index in [1.54, 1.807) is 30.5 Å². The van der Waals surface area contributed by atoms with Crippen LogP contribution in [0.25, 0.3) is 10.2 Å². The lowest BCUT2D eigenvalue weighted by atomic mass is 10.1. The maximum atomic E-state index is 13.4. The van der Waals surface area contributed by atoms with Crippen molar-refractivity contribution in [2.75, 3.05) is 26.8 Å². The van der Waals surface area contributed by atoms with Gasteiger partial charge in [-0.05, 0) is 54.9 Å². The lowest BCUT2D eigenvalue weighted by Gasteiger charge is -2.21. The first-order valence-corrected chi connectivity index (χ1v) is 14.2. The summed E-state index contributed by atoms with van der Waals surface area (Å²) in [6, 6.07) is 14.4. The fraction of sp³-hybridized carbons (Fsp3) is 0.333. The maximum absolute atomic E-state index is 13.4. The molecule has 1 amide bonds. The number of halogens is 1. The molecule has 0 radical (unpaired) electrons. The molecule has 2 aromatic heterocycles. The van der Waals surface area contributed by atoms with E-state index in [1.807, 2.05) is 54.8 Å². The monoisotopic (exact) mass is 583 g/mol. The maximum Gasteiger partial charge on any atom is 0.224 e. The van der Waals surface area contributed by atoms with Crippen LogP contribution in [0.2, 0.25) is 5.02 Å². The van der Waals surface area contributed by atoms with E-state index in [0.717, 1.165) is 27.1 Å². The smallest absolute Gasteiger partial charge is 0.224 e. The predicted molar refractivity (Wildman–Crippen MR) is 159 cm³/mol. The van der Waals surface area contributed by atoms with Crippen molar-refractivity contribution in [3.63, 3.8) is 0 Å². The minimum Gasteiger partial charge on any atom is -0.491 e. The van der Waals surface area contributed by atoms with E-state index in [4.69, 9.17) is 21.4 Å². The van der Waals surface area contributed by atoms with Gasteiger partial charge in [0.2, 0.25) is 11.3 Å². The Morgan fingerprint density at radius 3 is 2.55 bits per heavy atom. The van der Waals surface area contributed by atoms with Gasteiger partial charge in [-0.1, -0.05) is 35.9 Å². The van der Waals surface area contributed by atoms with E-state index in [-0.39, 0.29) is 31.0 Å². The molecule has 4 aromatic rings. The van der Waals surface area contributed by atoms with E-state index < -0.39 is 6.10 Å². The number of nitrogens with one attached hydrogen (secondary N) is 1. The number of fused-ring (bicyclic) bond motifs is 1. The average molecular weight is 584 g/mol. The number of likely N-dealkylation sites (N-methyl/N-ethyl adjacent to an activating group) is 1. The van der Waals surface area contributed by atoms with Gasteiger partial charge in [0.1, 0.15) is 12.4 Å². The number of carbonyl (C=O) groups is 1. The van der Waals surface area contributed by atoms with Gasteiger partial charge in [0.05, 0.1) is 29.3 Å². The Balaban J connectivity index is 1.42. The first-order valence-electron chi connectivity index (χ1n) is 13.0. The zero-order chi connectivity index (χ0) is 28.8. The molecule has 0 spiro atoms. The fourth-order valence-electron chi connectivity index (χ4n) is 4.61. The standard InChI is InChI=1S/C30H34ClN3O5S/c1-19-26(18-33(2)17-25(36)21-6-10-24(11-7-21)39-13-12-35)40-30-28(19)34(3)16-22(29(30)38)14-27(37)32-15-20-4-8-23(31)9-5-20/h4-11,16,25,35-36H,12-15,17-18H2,1-3H3,(H,32,37). The molecule has 0 fully saturated rings. The molecular formula is C30H34ClN3O5S. The minimum absolute atomic E-state index is 0.00158. The number of amides is 1. The summed E-state index contributed by atoms with van der Waals surface area (Å²) in [5, 5.41) is 23.2. The largest absolute Gasteiger partial charge is 0.491 e. The number of aromatic nitrogens is 1. The third-order valence-corrected chi connectivity index (χ3v) is 8.21. The summed E-state index contributed by atoms with van der Waals surface area (Å²) in [6.45, 7) is 3.50. The molecule has 0 aliphatic rings. The van der Waals surface area contributed by atoms with Gasteiger partial charge in [-0.25, -0.2) is 0 Å². The van der Waals surface area contributed by atoms with Crippen LogP contribution in [0.4, 0.5) is 0 Å². The molecule has 0 saturated carbocycles. The first-order chi connectivity index (χ1) is 19.2. The van der Waals surface area contributed by atoms with Crippen LogP contribution < -0.4 is 15.5 Å². The number of aliphatic hydroxyl groups excluding tert-OH is 2. The van der Waals surface area contributed by atoms with E-state index in [2.05, 4.69) is 5.32 Å². The van der Waals surface area contributed by atoms with Crippen LogP contribution in [0.5, 0.6) is 5.75 Å². The second-order valence-corrected chi connectivity index (χ2v) is 11.4. The van der Waals surface area contributed by atoms with Crippen molar-refractivity contribution in [1.82, 2.24) is 14.8 Å². The molecule has 0 aliphatic heterocycles. The molecule has 212 valence electrons. The van der Waals surface area contributed by atoms with Crippen LogP contribution in [-0.2, 0) is 31.4 Å². The number of carbonyl (C=O) groups excluding carboxylic acids is 1. The third kappa shape index (κ3) is 7.30. The SMILES string of the molecule is Cc1c(CN(C)CC(O)c2ccc(OCCO)cc2)sc2c(=O)c(CC(=O)NCc3ccc(Cl)cc3)cn(C)c12. The Morgan fingerprint density at radius 2 is 1.88 bits per heavy atom. The summed E-state index contributed by atoms with van der Waals surface area (Å²) in [5.74, 6) is 0.417. The number of rotatable bonds is 12. The van der Waals surface area contributed by atoms with E-state index >= 15 is 0 Å². The van der Waals surface area contributed by atoms with Gasteiger partial charge in [0.15, 0.2) is 0 Å². The topological polar surface area (TPSA) is 104 Å². The molecule has 0 saturated heterocycles. The van der Waals surface area contributed by atoms with Crippen LogP contribution in [0.15, 0.2) is 59.5 Å².